The molecular weight excluding hydrogens is 370 g/mol. The number of amides is 3. The van der Waals surface area contributed by atoms with Gasteiger partial charge in [-0.15, -0.1) is 0 Å². The van der Waals surface area contributed by atoms with Gasteiger partial charge in [-0.2, -0.15) is 0 Å². The number of furan rings is 1. The van der Waals surface area contributed by atoms with E-state index in [-0.39, 0.29) is 24.2 Å². The van der Waals surface area contributed by atoms with E-state index in [1.54, 1.807) is 6.26 Å². The largest absolute Gasteiger partial charge is 0.467 e. The lowest BCUT2D eigenvalue weighted by molar-refractivity contribution is -0.133. The van der Waals surface area contributed by atoms with Crippen LogP contribution in [0.2, 0.25) is 0 Å². The number of hydrogen-bond acceptors (Lipinski definition) is 4. The lowest BCUT2D eigenvalue weighted by Crippen LogP contribution is -2.54. The molecule has 1 saturated heterocycles. The molecule has 1 N–H and O–H groups in total. The minimum Gasteiger partial charge on any atom is -0.467 e. The topological polar surface area (TPSA) is 84.5 Å². The summed E-state index contributed by atoms with van der Waals surface area (Å²) >= 11 is 0. The third-order valence-electron chi connectivity index (χ3n) is 6.57. The minimum atomic E-state index is -0.841. The van der Waals surface area contributed by atoms with Gasteiger partial charge in [0.1, 0.15) is 11.3 Å². The summed E-state index contributed by atoms with van der Waals surface area (Å²) in [4.78, 5) is 39.8. The van der Waals surface area contributed by atoms with Crippen molar-refractivity contribution in [1.29, 1.82) is 0 Å². The molecule has 1 aliphatic carbocycles. The fraction of sp³-hybridized carbons (Fsp3) is 0.500. The standard InChI is InChI=1S/C22H27N3O4/c1-14-7-4-5-9-22(14)20(27)25(21(28)23-22)13-19(26)18-11-15(2)24(16(18)3)12-17-8-6-10-29-17/h6,8,10-11,14H,4-5,7,9,12-13H2,1-3H3,(H,23,28). The average Bonchev–Trinajstić information content (AvgIpc) is 3.36. The van der Waals surface area contributed by atoms with Crippen molar-refractivity contribution < 1.29 is 18.8 Å². The van der Waals surface area contributed by atoms with Gasteiger partial charge in [0.15, 0.2) is 5.78 Å². The molecule has 3 amide bonds. The smallest absolute Gasteiger partial charge is 0.325 e. The molecule has 2 atom stereocenters. The molecular formula is C22H27N3O4. The highest BCUT2D eigenvalue weighted by molar-refractivity contribution is 6.11. The van der Waals surface area contributed by atoms with Gasteiger partial charge < -0.3 is 14.3 Å². The number of carbonyl (C=O) groups excluding carboxylic acids is 3. The van der Waals surface area contributed by atoms with Gasteiger partial charge in [-0.05, 0) is 50.8 Å². The SMILES string of the molecule is Cc1cc(C(=O)CN2C(=O)NC3(CCCCC3C)C2=O)c(C)n1Cc1ccco1. The second kappa shape index (κ2) is 7.21. The summed E-state index contributed by atoms with van der Waals surface area (Å²) in [5, 5.41) is 2.90. The van der Waals surface area contributed by atoms with Crippen LogP contribution in [0.25, 0.3) is 0 Å². The third kappa shape index (κ3) is 3.18. The molecule has 7 heteroatoms. The van der Waals surface area contributed by atoms with Gasteiger partial charge in [0.2, 0.25) is 0 Å². The Morgan fingerprint density at radius 1 is 1.31 bits per heavy atom. The maximum absolute atomic E-state index is 13.1. The summed E-state index contributed by atoms with van der Waals surface area (Å²) in [5.74, 6) is 0.388. The second-order valence-electron chi connectivity index (χ2n) is 8.31. The Hall–Kier alpha value is -2.83. The molecule has 29 heavy (non-hydrogen) atoms. The van der Waals surface area contributed by atoms with Crippen LogP contribution in [0.15, 0.2) is 28.9 Å². The number of nitrogens with one attached hydrogen (secondary N) is 1. The fourth-order valence-corrected chi connectivity index (χ4v) is 4.75. The van der Waals surface area contributed by atoms with Crippen LogP contribution in [0.1, 0.15) is 60.1 Å². The van der Waals surface area contributed by atoms with Crippen LogP contribution in [-0.2, 0) is 11.3 Å². The Bertz CT molecular complexity index is 959. The molecule has 2 aromatic rings. The van der Waals surface area contributed by atoms with Crippen LogP contribution in [-0.4, -0.2) is 39.3 Å². The van der Waals surface area contributed by atoms with E-state index in [9.17, 15) is 14.4 Å². The highest BCUT2D eigenvalue weighted by atomic mass is 16.3. The molecule has 2 aliphatic rings. The number of urea groups is 1. The summed E-state index contributed by atoms with van der Waals surface area (Å²) in [7, 11) is 0. The van der Waals surface area contributed by atoms with Gasteiger partial charge in [-0.3, -0.25) is 14.5 Å². The number of carbonyl (C=O) groups is 3. The summed E-state index contributed by atoms with van der Waals surface area (Å²) < 4.78 is 7.42. The predicted molar refractivity (Wildman–Crippen MR) is 107 cm³/mol. The lowest BCUT2D eigenvalue weighted by Gasteiger charge is -2.36. The Morgan fingerprint density at radius 2 is 2.10 bits per heavy atom. The van der Waals surface area contributed by atoms with Crippen molar-refractivity contribution in [1.82, 2.24) is 14.8 Å². The normalized spacial score (nSPS) is 24.4. The average molecular weight is 397 g/mol. The van der Waals surface area contributed by atoms with Gasteiger partial charge in [0.05, 0.1) is 19.4 Å². The maximum atomic E-state index is 13.1. The molecule has 4 rings (SSSR count). The van der Waals surface area contributed by atoms with Crippen molar-refractivity contribution in [2.24, 2.45) is 5.92 Å². The van der Waals surface area contributed by atoms with Gasteiger partial charge in [-0.25, -0.2) is 4.79 Å². The number of nitrogens with zero attached hydrogens (tertiary/aromatic N) is 2. The van der Waals surface area contributed by atoms with E-state index in [1.165, 1.54) is 0 Å². The zero-order valence-electron chi connectivity index (χ0n) is 17.2. The van der Waals surface area contributed by atoms with E-state index in [0.717, 1.165) is 41.3 Å². The molecule has 0 radical (unpaired) electrons. The van der Waals surface area contributed by atoms with E-state index in [2.05, 4.69) is 5.32 Å². The van der Waals surface area contributed by atoms with Gasteiger partial charge in [-0.1, -0.05) is 19.8 Å². The number of aryl methyl sites for hydroxylation is 1. The fourth-order valence-electron chi connectivity index (χ4n) is 4.75. The predicted octanol–water partition coefficient (Wildman–Crippen LogP) is 3.43. The molecule has 1 spiro atoms. The quantitative estimate of drug-likeness (QED) is 0.619. The first-order valence-corrected chi connectivity index (χ1v) is 10.2. The summed E-state index contributed by atoms with van der Waals surface area (Å²) in [5.41, 5.74) is 1.42. The molecule has 1 saturated carbocycles. The molecule has 2 unspecified atom stereocenters. The van der Waals surface area contributed by atoms with Crippen molar-refractivity contribution in [3.05, 3.63) is 47.2 Å². The number of imide groups is 1. The van der Waals surface area contributed by atoms with Crippen LogP contribution < -0.4 is 5.32 Å². The maximum Gasteiger partial charge on any atom is 0.325 e. The first kappa shape index (κ1) is 19.5. The van der Waals surface area contributed by atoms with Crippen LogP contribution in [0.4, 0.5) is 4.79 Å². The Balaban J connectivity index is 1.54. The monoisotopic (exact) mass is 397 g/mol. The Morgan fingerprint density at radius 3 is 2.79 bits per heavy atom. The first-order valence-electron chi connectivity index (χ1n) is 10.2. The van der Waals surface area contributed by atoms with Crippen LogP contribution in [0, 0.1) is 19.8 Å². The third-order valence-corrected chi connectivity index (χ3v) is 6.57. The zero-order valence-corrected chi connectivity index (χ0v) is 17.2. The van der Waals surface area contributed by atoms with Gasteiger partial charge in [0, 0.05) is 17.0 Å². The second-order valence-corrected chi connectivity index (χ2v) is 8.31. The van der Waals surface area contributed by atoms with Crippen molar-refractivity contribution in [3.63, 3.8) is 0 Å². The molecule has 3 heterocycles. The summed E-state index contributed by atoms with van der Waals surface area (Å²) in [6.07, 6.45) is 5.14. The van der Waals surface area contributed by atoms with Gasteiger partial charge >= 0.3 is 6.03 Å². The molecule has 1 aliphatic heterocycles. The summed E-state index contributed by atoms with van der Waals surface area (Å²) in [6, 6.07) is 5.08. The van der Waals surface area contributed by atoms with E-state index in [1.807, 2.05) is 43.5 Å². The minimum absolute atomic E-state index is 0.0751. The van der Waals surface area contributed by atoms with E-state index in [4.69, 9.17) is 4.42 Å². The van der Waals surface area contributed by atoms with Gasteiger partial charge in [0.25, 0.3) is 5.91 Å². The van der Waals surface area contributed by atoms with E-state index < -0.39 is 11.6 Å². The van der Waals surface area contributed by atoms with Crippen molar-refractivity contribution in [3.8, 4) is 0 Å². The van der Waals surface area contributed by atoms with Crippen LogP contribution >= 0.6 is 0 Å². The summed E-state index contributed by atoms with van der Waals surface area (Å²) in [6.45, 7) is 6.11. The number of ketones is 1. The zero-order chi connectivity index (χ0) is 20.8. The number of Topliss-reactive ketones (excluding diaryl/α,β-unsaturated/α-hetero) is 1. The molecule has 2 fully saturated rings. The van der Waals surface area contributed by atoms with Crippen LogP contribution in [0.5, 0.6) is 0 Å². The Labute approximate surface area is 170 Å². The molecule has 154 valence electrons. The lowest BCUT2D eigenvalue weighted by atomic mass is 9.73. The van der Waals surface area contributed by atoms with Crippen molar-refractivity contribution >= 4 is 17.7 Å². The van der Waals surface area contributed by atoms with Crippen molar-refractivity contribution in [2.75, 3.05) is 6.54 Å². The van der Waals surface area contributed by atoms with E-state index in [0.29, 0.717) is 18.5 Å². The number of hydrogen-bond donors (Lipinski definition) is 1. The molecule has 0 aromatic carbocycles. The van der Waals surface area contributed by atoms with E-state index >= 15 is 0 Å². The van der Waals surface area contributed by atoms with Crippen LogP contribution in [0.3, 0.4) is 0 Å². The van der Waals surface area contributed by atoms with Crippen molar-refractivity contribution in [2.45, 2.75) is 58.5 Å². The molecule has 2 aromatic heterocycles. The molecule has 7 nitrogen and oxygen atoms in total. The first-order chi connectivity index (χ1) is 13.8. The Kier molecular flexibility index (Phi) is 4.84. The number of aromatic nitrogens is 1. The highest BCUT2D eigenvalue weighted by Gasteiger charge is 2.55. The highest BCUT2D eigenvalue weighted by Crippen LogP contribution is 2.38. The molecule has 0 bridgehead atoms. The number of rotatable bonds is 5.